The third-order valence-electron chi connectivity index (χ3n) is 2.77. The second kappa shape index (κ2) is 6.67. The maximum absolute atomic E-state index is 13.4. The van der Waals surface area contributed by atoms with Crippen molar-refractivity contribution < 1.29 is 18.0 Å². The van der Waals surface area contributed by atoms with Gasteiger partial charge < -0.3 is 5.32 Å². The number of carbonyl (C=O) groups is 1. The predicted molar refractivity (Wildman–Crippen MR) is 77.4 cm³/mol. The number of anilines is 1. The van der Waals surface area contributed by atoms with Crippen molar-refractivity contribution in [2.75, 3.05) is 5.32 Å². The van der Waals surface area contributed by atoms with Crippen molar-refractivity contribution in [3.63, 3.8) is 0 Å². The molecule has 2 aromatic carbocycles. The predicted octanol–water partition coefficient (Wildman–Crippen LogP) is 4.70. The van der Waals surface area contributed by atoms with Crippen LogP contribution in [-0.2, 0) is 0 Å². The monoisotopic (exact) mass is 311 g/mol. The molecule has 0 radical (unpaired) electrons. The molecule has 0 spiro atoms. The molecular weight excluding hydrogens is 299 g/mol. The summed E-state index contributed by atoms with van der Waals surface area (Å²) in [4.78, 5) is 12.3. The summed E-state index contributed by atoms with van der Waals surface area (Å²) >= 11 is 0.430. The van der Waals surface area contributed by atoms with Crippen LogP contribution in [0, 0.1) is 12.7 Å². The van der Waals surface area contributed by atoms with Gasteiger partial charge in [0.1, 0.15) is 5.82 Å². The summed E-state index contributed by atoms with van der Waals surface area (Å²) in [5, 5.41) is 2.58. The first-order valence-corrected chi connectivity index (χ1v) is 6.96. The smallest absolute Gasteiger partial charge is 0.288 e. The van der Waals surface area contributed by atoms with Crippen molar-refractivity contribution in [1.29, 1.82) is 0 Å². The molecule has 0 heterocycles. The molecule has 2 aromatic rings. The molecule has 110 valence electrons. The van der Waals surface area contributed by atoms with Crippen LogP contribution in [0.15, 0.2) is 47.4 Å². The van der Waals surface area contributed by atoms with Gasteiger partial charge in [-0.15, -0.1) is 0 Å². The van der Waals surface area contributed by atoms with Crippen molar-refractivity contribution in [3.8, 4) is 0 Å². The Balaban J connectivity index is 2.06. The Morgan fingerprint density at radius 1 is 1.14 bits per heavy atom. The third kappa shape index (κ3) is 4.26. The van der Waals surface area contributed by atoms with E-state index in [1.165, 1.54) is 36.4 Å². The van der Waals surface area contributed by atoms with Gasteiger partial charge in [-0.1, -0.05) is 17.8 Å². The van der Waals surface area contributed by atoms with E-state index in [1.54, 1.807) is 6.92 Å². The molecule has 0 unspecified atom stereocenters. The lowest BCUT2D eigenvalue weighted by molar-refractivity contribution is 0.102. The molecule has 0 aromatic heterocycles. The molecule has 1 amide bonds. The van der Waals surface area contributed by atoms with E-state index in [2.05, 4.69) is 5.32 Å². The molecule has 2 rings (SSSR count). The van der Waals surface area contributed by atoms with Crippen molar-refractivity contribution in [3.05, 3.63) is 59.4 Å². The van der Waals surface area contributed by atoms with E-state index in [0.29, 0.717) is 27.9 Å². The number of hydrogen-bond donors (Lipinski definition) is 1. The quantitative estimate of drug-likeness (QED) is 0.829. The highest BCUT2D eigenvalue weighted by atomic mass is 32.2. The van der Waals surface area contributed by atoms with Crippen molar-refractivity contribution in [2.45, 2.75) is 17.6 Å². The van der Waals surface area contributed by atoms with Crippen LogP contribution in [0.5, 0.6) is 0 Å². The zero-order valence-corrected chi connectivity index (χ0v) is 11.9. The van der Waals surface area contributed by atoms with Crippen LogP contribution in [0.3, 0.4) is 0 Å². The average molecular weight is 311 g/mol. The zero-order chi connectivity index (χ0) is 15.4. The first kappa shape index (κ1) is 15.4. The number of thioether (sulfide) groups is 1. The Morgan fingerprint density at radius 3 is 2.38 bits per heavy atom. The highest BCUT2D eigenvalue weighted by molar-refractivity contribution is 7.99. The van der Waals surface area contributed by atoms with E-state index >= 15 is 0 Å². The molecule has 0 aliphatic rings. The Labute approximate surface area is 124 Å². The molecule has 0 fully saturated rings. The largest absolute Gasteiger partial charge is 0.322 e. The molecule has 0 aliphatic heterocycles. The summed E-state index contributed by atoms with van der Waals surface area (Å²) in [5.41, 5.74) is 1.11. The van der Waals surface area contributed by atoms with Gasteiger partial charge in [-0.2, -0.15) is 8.78 Å². The average Bonchev–Trinajstić information content (AvgIpc) is 2.43. The Bertz CT molecular complexity index is 644. The summed E-state index contributed by atoms with van der Waals surface area (Å²) in [7, 11) is 0. The highest BCUT2D eigenvalue weighted by Crippen LogP contribution is 2.26. The summed E-state index contributed by atoms with van der Waals surface area (Å²) in [5.74, 6) is -3.39. The van der Waals surface area contributed by atoms with Gasteiger partial charge >= 0.3 is 0 Å². The Kier molecular flexibility index (Phi) is 4.90. The van der Waals surface area contributed by atoms with Crippen LogP contribution in [-0.4, -0.2) is 11.7 Å². The van der Waals surface area contributed by atoms with Crippen LogP contribution in [0.25, 0.3) is 0 Å². The number of rotatable bonds is 4. The third-order valence-corrected chi connectivity index (χ3v) is 3.49. The van der Waals surface area contributed by atoms with Gasteiger partial charge in [0, 0.05) is 16.1 Å². The lowest BCUT2D eigenvalue weighted by Gasteiger charge is -2.07. The molecule has 21 heavy (non-hydrogen) atoms. The molecule has 2 nitrogen and oxygen atoms in total. The summed E-state index contributed by atoms with van der Waals surface area (Å²) in [6.45, 7) is 1.61. The van der Waals surface area contributed by atoms with E-state index in [9.17, 15) is 18.0 Å². The topological polar surface area (TPSA) is 29.1 Å². The van der Waals surface area contributed by atoms with Crippen LogP contribution in [0.4, 0.5) is 18.9 Å². The number of nitrogens with one attached hydrogen (secondary N) is 1. The van der Waals surface area contributed by atoms with E-state index in [0.717, 1.165) is 6.07 Å². The van der Waals surface area contributed by atoms with Gasteiger partial charge in [0.05, 0.1) is 0 Å². The van der Waals surface area contributed by atoms with Gasteiger partial charge in [0.15, 0.2) is 0 Å². The molecule has 0 bridgehead atoms. The van der Waals surface area contributed by atoms with Gasteiger partial charge in [0.2, 0.25) is 0 Å². The number of hydrogen-bond acceptors (Lipinski definition) is 2. The normalized spacial score (nSPS) is 10.7. The van der Waals surface area contributed by atoms with E-state index in [4.69, 9.17) is 0 Å². The zero-order valence-electron chi connectivity index (χ0n) is 11.1. The fraction of sp³-hybridized carbons (Fsp3) is 0.133. The SMILES string of the molecule is Cc1ccc(C(=O)Nc2ccc(SC(F)F)cc2)cc1F. The number of amides is 1. The Morgan fingerprint density at radius 2 is 1.81 bits per heavy atom. The molecule has 0 aliphatic carbocycles. The summed E-state index contributed by atoms with van der Waals surface area (Å²) in [6, 6.07) is 10.2. The highest BCUT2D eigenvalue weighted by Gasteiger charge is 2.09. The number of carbonyl (C=O) groups excluding carboxylic acids is 1. The first-order chi connectivity index (χ1) is 9.95. The van der Waals surface area contributed by atoms with Crippen LogP contribution < -0.4 is 5.32 Å². The Hall–Kier alpha value is -1.95. The molecular formula is C15H12F3NOS. The minimum atomic E-state index is -2.49. The second-order valence-corrected chi connectivity index (χ2v) is 5.38. The maximum Gasteiger partial charge on any atom is 0.288 e. The summed E-state index contributed by atoms with van der Waals surface area (Å²) < 4.78 is 37.8. The lowest BCUT2D eigenvalue weighted by Crippen LogP contribution is -2.12. The molecule has 6 heteroatoms. The van der Waals surface area contributed by atoms with Gasteiger partial charge in [-0.3, -0.25) is 4.79 Å². The molecule has 0 saturated carbocycles. The number of halogens is 3. The molecule has 1 N–H and O–H groups in total. The standard InChI is InChI=1S/C15H12F3NOS/c1-9-2-3-10(8-13(9)16)14(20)19-11-4-6-12(7-5-11)21-15(17)18/h2-8,15H,1H3,(H,19,20). The second-order valence-electron chi connectivity index (χ2n) is 4.32. The van der Waals surface area contributed by atoms with E-state index < -0.39 is 17.5 Å². The van der Waals surface area contributed by atoms with E-state index in [-0.39, 0.29) is 5.56 Å². The van der Waals surface area contributed by atoms with Crippen molar-refractivity contribution >= 4 is 23.4 Å². The van der Waals surface area contributed by atoms with Gasteiger partial charge in [0.25, 0.3) is 11.7 Å². The van der Waals surface area contributed by atoms with Crippen LogP contribution >= 0.6 is 11.8 Å². The maximum atomic E-state index is 13.4. The van der Waals surface area contributed by atoms with Crippen molar-refractivity contribution in [1.82, 2.24) is 0 Å². The van der Waals surface area contributed by atoms with Crippen LogP contribution in [0.2, 0.25) is 0 Å². The molecule has 0 atom stereocenters. The minimum absolute atomic E-state index is 0.198. The molecule has 0 saturated heterocycles. The van der Waals surface area contributed by atoms with Crippen LogP contribution in [0.1, 0.15) is 15.9 Å². The first-order valence-electron chi connectivity index (χ1n) is 6.08. The van der Waals surface area contributed by atoms with Gasteiger partial charge in [-0.05, 0) is 48.9 Å². The number of benzene rings is 2. The fourth-order valence-electron chi connectivity index (χ4n) is 1.66. The fourth-order valence-corrected chi connectivity index (χ4v) is 2.16. The number of aryl methyl sites for hydroxylation is 1. The summed E-state index contributed by atoms with van der Waals surface area (Å²) in [6.07, 6.45) is 0. The van der Waals surface area contributed by atoms with E-state index in [1.807, 2.05) is 0 Å². The van der Waals surface area contributed by atoms with Crippen molar-refractivity contribution in [2.24, 2.45) is 0 Å². The van der Waals surface area contributed by atoms with Gasteiger partial charge in [-0.25, -0.2) is 4.39 Å². The lowest BCUT2D eigenvalue weighted by atomic mass is 10.1. The minimum Gasteiger partial charge on any atom is -0.322 e. The number of alkyl halides is 2.